The average molecular weight is 562 g/mol. The van der Waals surface area contributed by atoms with Gasteiger partial charge in [0.15, 0.2) is 0 Å². The van der Waals surface area contributed by atoms with Gasteiger partial charge in [-0.05, 0) is 48.7 Å². The molecule has 1 fully saturated rings. The number of aromatic nitrogens is 2. The fourth-order valence-electron chi connectivity index (χ4n) is 4.82. The summed E-state index contributed by atoms with van der Waals surface area (Å²) in [6.45, 7) is -0.0884. The van der Waals surface area contributed by atoms with E-state index in [1.54, 1.807) is 18.2 Å². The molecule has 1 heterocycles. The van der Waals surface area contributed by atoms with Crippen LogP contribution in [-0.2, 0) is 6.61 Å². The topological polar surface area (TPSA) is 143 Å². The van der Waals surface area contributed by atoms with Gasteiger partial charge in [-0.2, -0.15) is 9.78 Å². The molecule has 3 aromatic carbocycles. The lowest BCUT2D eigenvalue weighted by molar-refractivity contribution is -0.386. The van der Waals surface area contributed by atoms with Crippen LogP contribution < -0.4 is 10.3 Å². The van der Waals surface area contributed by atoms with E-state index < -0.39 is 9.85 Å². The first-order valence-electron chi connectivity index (χ1n) is 12.7. The molecule has 1 aliphatic carbocycles. The minimum absolute atomic E-state index is 0.0194. The largest absolute Gasteiger partial charge is 0.481 e. The Balaban J connectivity index is 1.47. The van der Waals surface area contributed by atoms with Crippen LogP contribution in [0.1, 0.15) is 55.0 Å². The Morgan fingerprint density at radius 1 is 1.02 bits per heavy atom. The molecular formula is C28H24ClN5O6. The molecular weight excluding hydrogens is 538 g/mol. The molecule has 1 aliphatic rings. The van der Waals surface area contributed by atoms with Crippen molar-refractivity contribution in [2.75, 3.05) is 0 Å². The van der Waals surface area contributed by atoms with E-state index in [0.717, 1.165) is 32.1 Å². The highest BCUT2D eigenvalue weighted by Gasteiger charge is 2.23. The highest BCUT2D eigenvalue weighted by Crippen LogP contribution is 2.37. The van der Waals surface area contributed by atoms with Crippen molar-refractivity contribution < 1.29 is 14.6 Å². The highest BCUT2D eigenvalue weighted by molar-refractivity contribution is 6.32. The Morgan fingerprint density at radius 2 is 1.75 bits per heavy atom. The van der Waals surface area contributed by atoms with Crippen molar-refractivity contribution in [1.82, 2.24) is 9.66 Å². The predicted molar refractivity (Wildman–Crippen MR) is 150 cm³/mol. The van der Waals surface area contributed by atoms with E-state index in [9.17, 15) is 25.0 Å². The molecule has 5 rings (SSSR count). The normalized spacial score (nSPS) is 14.0. The summed E-state index contributed by atoms with van der Waals surface area (Å²) in [5, 5.41) is 27.6. The van der Waals surface area contributed by atoms with E-state index in [-0.39, 0.29) is 40.2 Å². The number of halogens is 1. The Hall–Kier alpha value is -4.64. The lowest BCUT2D eigenvalue weighted by atomic mass is 9.88. The number of hydrogen-bond donors (Lipinski definition) is 0. The zero-order chi connectivity index (χ0) is 28.2. The predicted octanol–water partition coefficient (Wildman–Crippen LogP) is 6.38. The molecule has 1 saturated carbocycles. The van der Waals surface area contributed by atoms with Crippen LogP contribution in [0.5, 0.6) is 5.75 Å². The van der Waals surface area contributed by atoms with Crippen molar-refractivity contribution in [1.29, 1.82) is 0 Å². The molecule has 1 aromatic heterocycles. The number of para-hydroxylation sites is 1. The van der Waals surface area contributed by atoms with Gasteiger partial charge >= 0.3 is 5.69 Å². The molecule has 0 atom stereocenters. The average Bonchev–Trinajstić information content (AvgIpc) is 2.96. The summed E-state index contributed by atoms with van der Waals surface area (Å²) in [6, 6.07) is 15.5. The van der Waals surface area contributed by atoms with Crippen LogP contribution in [-0.4, -0.2) is 25.7 Å². The minimum Gasteiger partial charge on any atom is -0.481 e. The summed E-state index contributed by atoms with van der Waals surface area (Å²) >= 11 is 6.39. The molecule has 40 heavy (non-hydrogen) atoms. The van der Waals surface area contributed by atoms with Crippen LogP contribution in [0.15, 0.2) is 70.6 Å². The summed E-state index contributed by atoms with van der Waals surface area (Å²) in [5.41, 5.74) is 0.698. The third-order valence-electron chi connectivity index (χ3n) is 6.84. The van der Waals surface area contributed by atoms with Crippen LogP contribution in [0.2, 0.25) is 5.02 Å². The Labute approximate surface area is 233 Å². The van der Waals surface area contributed by atoms with E-state index in [4.69, 9.17) is 21.3 Å². The number of nitro benzene ring substituents is 2. The maximum absolute atomic E-state index is 13.4. The number of nitro groups is 2. The second-order valence-corrected chi connectivity index (χ2v) is 9.91. The van der Waals surface area contributed by atoms with Crippen molar-refractivity contribution in [3.8, 4) is 5.75 Å². The summed E-state index contributed by atoms with van der Waals surface area (Å²) in [7, 11) is 0. The van der Waals surface area contributed by atoms with Gasteiger partial charge in [-0.15, -0.1) is 0 Å². The lowest BCUT2D eigenvalue weighted by Crippen LogP contribution is -2.25. The molecule has 0 amide bonds. The van der Waals surface area contributed by atoms with Gasteiger partial charge in [0.05, 0.1) is 32.0 Å². The van der Waals surface area contributed by atoms with Gasteiger partial charge in [-0.1, -0.05) is 43.0 Å². The molecule has 0 aliphatic heterocycles. The number of non-ortho nitro benzene ring substituents is 1. The van der Waals surface area contributed by atoms with Gasteiger partial charge in [-0.25, -0.2) is 4.98 Å². The minimum atomic E-state index is -0.619. The van der Waals surface area contributed by atoms with Crippen LogP contribution in [0, 0.1) is 20.2 Å². The fourth-order valence-corrected chi connectivity index (χ4v) is 5.10. The van der Waals surface area contributed by atoms with Crippen molar-refractivity contribution in [3.63, 3.8) is 0 Å². The van der Waals surface area contributed by atoms with Gasteiger partial charge in [0.1, 0.15) is 12.4 Å². The second kappa shape index (κ2) is 11.6. The zero-order valence-corrected chi connectivity index (χ0v) is 22.0. The Kier molecular flexibility index (Phi) is 7.83. The molecule has 11 nitrogen and oxygen atoms in total. The first-order chi connectivity index (χ1) is 19.3. The number of fused-ring (bicyclic) bond motifs is 1. The standard InChI is InChI=1S/C28H24ClN5O6/c29-23-14-19(15-25(34(38)39)26(23)40-17-18-10-12-21(13-11-18)33(36)37)16-30-32-27(20-6-2-1-3-7-20)31-24-9-5-4-8-22(24)28(32)35/h4-5,8-16,20H,1-3,6-7,17H2. The number of ether oxygens (including phenoxy) is 1. The van der Waals surface area contributed by atoms with Crippen molar-refractivity contribution >= 4 is 40.1 Å². The fraction of sp³-hybridized carbons (Fsp3) is 0.250. The van der Waals surface area contributed by atoms with Crippen LogP contribution >= 0.6 is 11.6 Å². The van der Waals surface area contributed by atoms with E-state index in [1.165, 1.54) is 47.3 Å². The van der Waals surface area contributed by atoms with Crippen LogP contribution in [0.4, 0.5) is 11.4 Å². The molecule has 4 aromatic rings. The summed E-state index contributed by atoms with van der Waals surface area (Å²) in [6.07, 6.45) is 6.37. The van der Waals surface area contributed by atoms with Gasteiger partial charge in [0.25, 0.3) is 11.2 Å². The summed E-state index contributed by atoms with van der Waals surface area (Å²) in [4.78, 5) is 39.8. The van der Waals surface area contributed by atoms with Crippen molar-refractivity contribution in [3.05, 3.63) is 113 Å². The number of nitrogens with zero attached hydrogens (tertiary/aromatic N) is 5. The Bertz CT molecular complexity index is 1680. The smallest absolute Gasteiger partial charge is 0.313 e. The third-order valence-corrected chi connectivity index (χ3v) is 7.13. The molecule has 0 spiro atoms. The molecule has 0 saturated heterocycles. The van der Waals surface area contributed by atoms with Crippen LogP contribution in [0.3, 0.4) is 0 Å². The second-order valence-electron chi connectivity index (χ2n) is 9.50. The number of rotatable bonds is 8. The van der Waals surface area contributed by atoms with E-state index in [1.807, 2.05) is 6.07 Å². The summed E-state index contributed by atoms with van der Waals surface area (Å²) in [5.74, 6) is 0.509. The third kappa shape index (κ3) is 5.69. The maximum atomic E-state index is 13.4. The van der Waals surface area contributed by atoms with Crippen LogP contribution in [0.25, 0.3) is 10.9 Å². The quantitative estimate of drug-likeness (QED) is 0.138. The Morgan fingerprint density at radius 3 is 2.45 bits per heavy atom. The molecule has 204 valence electrons. The number of benzene rings is 3. The molecule has 0 radical (unpaired) electrons. The highest BCUT2D eigenvalue weighted by atomic mass is 35.5. The monoisotopic (exact) mass is 561 g/mol. The van der Waals surface area contributed by atoms with E-state index in [0.29, 0.717) is 27.9 Å². The number of hydrogen-bond acceptors (Lipinski definition) is 8. The molecule has 0 unspecified atom stereocenters. The summed E-state index contributed by atoms with van der Waals surface area (Å²) < 4.78 is 6.93. The van der Waals surface area contributed by atoms with Gasteiger partial charge in [-0.3, -0.25) is 25.0 Å². The molecule has 0 N–H and O–H groups in total. The first-order valence-corrected chi connectivity index (χ1v) is 13.1. The first kappa shape index (κ1) is 26.9. The maximum Gasteiger partial charge on any atom is 0.313 e. The lowest BCUT2D eigenvalue weighted by Gasteiger charge is -2.22. The SMILES string of the molecule is O=c1c2ccccc2nc(C2CCCCC2)n1N=Cc1cc(Cl)c(OCc2ccc([N+](=O)[O-])cc2)c([N+](=O)[O-])c1. The molecule has 12 heteroatoms. The van der Waals surface area contributed by atoms with E-state index in [2.05, 4.69) is 5.10 Å². The van der Waals surface area contributed by atoms with Gasteiger partial charge in [0, 0.05) is 29.7 Å². The molecule has 0 bridgehead atoms. The van der Waals surface area contributed by atoms with Crippen molar-refractivity contribution in [2.45, 2.75) is 44.6 Å². The van der Waals surface area contributed by atoms with Gasteiger partial charge in [0.2, 0.25) is 5.75 Å². The van der Waals surface area contributed by atoms with E-state index >= 15 is 0 Å². The van der Waals surface area contributed by atoms with Gasteiger partial charge < -0.3 is 4.74 Å². The van der Waals surface area contributed by atoms with Crippen molar-refractivity contribution in [2.24, 2.45) is 5.10 Å². The zero-order valence-electron chi connectivity index (χ0n) is 21.2.